The minimum Gasteiger partial charge on any atom is -0.508 e. The van der Waals surface area contributed by atoms with Gasteiger partial charge in [-0.2, -0.15) is 0 Å². The molecule has 2 atom stereocenters. The van der Waals surface area contributed by atoms with Gasteiger partial charge in [-0.05, 0) is 39.3 Å². The fraction of sp³-hybridized carbons (Fsp3) is 0.346. The van der Waals surface area contributed by atoms with E-state index in [-0.39, 0.29) is 53.1 Å². The molecule has 2 aromatic rings. The van der Waals surface area contributed by atoms with Gasteiger partial charge in [0.15, 0.2) is 5.78 Å². The molecule has 0 amide bonds. The van der Waals surface area contributed by atoms with Crippen LogP contribution in [0.1, 0.15) is 54.8 Å². The third-order valence-electron chi connectivity index (χ3n) is 5.61. The summed E-state index contributed by atoms with van der Waals surface area (Å²) < 4.78 is 11.5. The van der Waals surface area contributed by atoms with Gasteiger partial charge in [-0.3, -0.25) is 4.79 Å². The quantitative estimate of drug-likeness (QED) is 0.453. The summed E-state index contributed by atoms with van der Waals surface area (Å²) >= 11 is 0. The number of ketones is 1. The van der Waals surface area contributed by atoms with E-state index >= 15 is 0 Å². The largest absolute Gasteiger partial charge is 0.508 e. The number of rotatable bonds is 7. The van der Waals surface area contributed by atoms with Gasteiger partial charge in [0, 0.05) is 29.2 Å². The first kappa shape index (κ1) is 24.2. The lowest BCUT2D eigenvalue weighted by atomic mass is 9.87. The van der Waals surface area contributed by atoms with Crippen LogP contribution in [-0.4, -0.2) is 38.9 Å². The van der Waals surface area contributed by atoms with Gasteiger partial charge in [-0.15, -0.1) is 0 Å². The minimum absolute atomic E-state index is 0.0111. The van der Waals surface area contributed by atoms with Gasteiger partial charge in [0.25, 0.3) is 0 Å². The molecule has 0 saturated heterocycles. The Morgan fingerprint density at radius 3 is 2.58 bits per heavy atom. The highest BCUT2D eigenvalue weighted by molar-refractivity contribution is 6.03. The highest BCUT2D eigenvalue weighted by Crippen LogP contribution is 2.47. The van der Waals surface area contributed by atoms with Crippen LogP contribution >= 0.6 is 0 Å². The number of carbonyl (C=O) groups is 1. The average Bonchev–Trinajstić information content (AvgIpc) is 2.71. The third kappa shape index (κ3) is 5.31. The fourth-order valence-corrected chi connectivity index (χ4v) is 3.84. The lowest BCUT2D eigenvalue weighted by molar-refractivity contribution is 0.0838. The molecule has 0 aliphatic carbocycles. The van der Waals surface area contributed by atoms with E-state index in [2.05, 4.69) is 6.58 Å². The summed E-state index contributed by atoms with van der Waals surface area (Å²) in [4.78, 5) is 13.0. The first-order valence-corrected chi connectivity index (χ1v) is 10.6. The highest BCUT2D eigenvalue weighted by atomic mass is 16.5. The van der Waals surface area contributed by atoms with Crippen molar-refractivity contribution in [2.45, 2.75) is 45.3 Å². The number of allylic oxidation sites excluding steroid dienone is 2. The Morgan fingerprint density at radius 1 is 1.27 bits per heavy atom. The number of Topliss-reactive ketones (excluding diaryl/α,β-unsaturated/α-hetero) is 1. The molecule has 1 aliphatic heterocycles. The van der Waals surface area contributed by atoms with Gasteiger partial charge in [-0.1, -0.05) is 24.3 Å². The molecule has 0 fully saturated rings. The summed E-state index contributed by atoms with van der Waals surface area (Å²) in [6, 6.07) is 5.66. The number of phenols is 3. The van der Waals surface area contributed by atoms with Crippen LogP contribution in [0.25, 0.3) is 0 Å². The Labute approximate surface area is 193 Å². The van der Waals surface area contributed by atoms with Crippen molar-refractivity contribution in [1.29, 1.82) is 0 Å². The number of benzene rings is 2. The molecule has 176 valence electrons. The molecule has 1 aliphatic rings. The molecule has 7 nitrogen and oxygen atoms in total. The number of carbonyl (C=O) groups excluding carboxylic acids is 1. The van der Waals surface area contributed by atoms with Crippen molar-refractivity contribution < 1.29 is 34.7 Å². The van der Waals surface area contributed by atoms with Crippen LogP contribution in [0.4, 0.5) is 0 Å². The van der Waals surface area contributed by atoms with E-state index in [1.807, 2.05) is 6.92 Å². The molecule has 0 saturated carbocycles. The molecule has 4 N–H and O–H groups in total. The second-order valence-electron chi connectivity index (χ2n) is 8.93. The zero-order chi connectivity index (χ0) is 24.5. The summed E-state index contributed by atoms with van der Waals surface area (Å²) in [7, 11) is 1.45. The summed E-state index contributed by atoms with van der Waals surface area (Å²) in [6.07, 6.45) is 2.89. The van der Waals surface area contributed by atoms with Gasteiger partial charge in [0.1, 0.15) is 40.4 Å². The Hall–Kier alpha value is -3.45. The number of phenolic OH excluding ortho intramolecular Hbond substituents is 3. The first-order valence-electron chi connectivity index (χ1n) is 10.6. The minimum atomic E-state index is -1.03. The fourth-order valence-electron chi connectivity index (χ4n) is 3.84. The molecular formula is C26H30O7. The SMILES string of the molecule is C=C(C)[C@H](/C=C/C(C)(C)O)Cc1c(O)cc(O)c2c1O[C@@H](c1ccc(O)cc1OC)CC2=O. The maximum absolute atomic E-state index is 13.0. The molecule has 7 heteroatoms. The number of aliphatic hydroxyl groups is 1. The Morgan fingerprint density at radius 2 is 1.97 bits per heavy atom. The standard InChI is InChI=1S/C26H30O7/c1-14(2)15(8-9-26(3,4)31)10-18-19(28)12-20(29)24-21(30)13-23(33-25(18)24)17-7-6-16(27)11-22(17)32-5/h6-9,11-12,15,23,27-29,31H,1,10,13H2,2-5H3/b9-8+/t15-,23-/m1/s1. The normalized spacial score (nSPS) is 16.9. The van der Waals surface area contributed by atoms with Crippen LogP contribution in [0.15, 0.2) is 48.6 Å². The van der Waals surface area contributed by atoms with Crippen molar-refractivity contribution in [3.05, 3.63) is 65.3 Å². The number of ether oxygens (including phenoxy) is 2. The molecular weight excluding hydrogens is 424 g/mol. The van der Waals surface area contributed by atoms with Crippen LogP contribution in [0, 0.1) is 5.92 Å². The molecule has 0 unspecified atom stereocenters. The van der Waals surface area contributed by atoms with Crippen LogP contribution in [0.2, 0.25) is 0 Å². The topological polar surface area (TPSA) is 116 Å². The molecule has 0 bridgehead atoms. The molecule has 0 aromatic heterocycles. The third-order valence-corrected chi connectivity index (χ3v) is 5.61. The number of hydrogen-bond donors (Lipinski definition) is 4. The predicted molar refractivity (Wildman–Crippen MR) is 124 cm³/mol. The number of aromatic hydroxyl groups is 3. The van der Waals surface area contributed by atoms with E-state index in [4.69, 9.17) is 9.47 Å². The smallest absolute Gasteiger partial charge is 0.174 e. The molecule has 0 spiro atoms. The lowest BCUT2D eigenvalue weighted by Gasteiger charge is -2.30. The lowest BCUT2D eigenvalue weighted by Crippen LogP contribution is -2.23. The monoisotopic (exact) mass is 454 g/mol. The summed E-state index contributed by atoms with van der Waals surface area (Å²) in [5.74, 6) is -0.697. The van der Waals surface area contributed by atoms with E-state index < -0.39 is 11.7 Å². The van der Waals surface area contributed by atoms with Crippen molar-refractivity contribution in [1.82, 2.24) is 0 Å². The number of fused-ring (bicyclic) bond motifs is 1. The Bertz CT molecular complexity index is 1110. The van der Waals surface area contributed by atoms with Crippen LogP contribution < -0.4 is 9.47 Å². The van der Waals surface area contributed by atoms with Crippen molar-refractivity contribution in [2.75, 3.05) is 7.11 Å². The van der Waals surface area contributed by atoms with Gasteiger partial charge in [0.2, 0.25) is 0 Å². The zero-order valence-corrected chi connectivity index (χ0v) is 19.3. The maximum atomic E-state index is 13.0. The van der Waals surface area contributed by atoms with Crippen molar-refractivity contribution >= 4 is 5.78 Å². The van der Waals surface area contributed by atoms with E-state index in [0.717, 1.165) is 11.6 Å². The van der Waals surface area contributed by atoms with Crippen molar-refractivity contribution in [3.63, 3.8) is 0 Å². The molecule has 0 radical (unpaired) electrons. The molecule has 33 heavy (non-hydrogen) atoms. The average molecular weight is 455 g/mol. The zero-order valence-electron chi connectivity index (χ0n) is 19.3. The van der Waals surface area contributed by atoms with E-state index in [9.17, 15) is 25.2 Å². The van der Waals surface area contributed by atoms with Crippen molar-refractivity contribution in [2.24, 2.45) is 5.92 Å². The van der Waals surface area contributed by atoms with Gasteiger partial charge >= 0.3 is 0 Å². The van der Waals surface area contributed by atoms with Gasteiger partial charge < -0.3 is 29.9 Å². The highest BCUT2D eigenvalue weighted by Gasteiger charge is 2.35. The molecule has 1 heterocycles. The summed E-state index contributed by atoms with van der Waals surface area (Å²) in [6.45, 7) is 9.14. The second-order valence-corrected chi connectivity index (χ2v) is 8.93. The van der Waals surface area contributed by atoms with Crippen LogP contribution in [-0.2, 0) is 6.42 Å². The maximum Gasteiger partial charge on any atom is 0.174 e. The first-order chi connectivity index (χ1) is 15.4. The van der Waals surface area contributed by atoms with Crippen LogP contribution in [0.3, 0.4) is 0 Å². The van der Waals surface area contributed by atoms with Crippen molar-refractivity contribution in [3.8, 4) is 28.7 Å². The van der Waals surface area contributed by atoms with Gasteiger partial charge in [0.05, 0.1) is 19.1 Å². The summed E-state index contributed by atoms with van der Waals surface area (Å²) in [5, 5.41) is 40.9. The van der Waals surface area contributed by atoms with Gasteiger partial charge in [-0.25, -0.2) is 0 Å². The molecule has 2 aromatic carbocycles. The Kier molecular flexibility index (Phi) is 6.74. The second kappa shape index (κ2) is 9.19. The Balaban J connectivity index is 2.08. The van der Waals surface area contributed by atoms with Crippen LogP contribution in [0.5, 0.6) is 28.7 Å². The van der Waals surface area contributed by atoms with E-state index in [0.29, 0.717) is 16.9 Å². The molecule has 3 rings (SSSR count). The number of methoxy groups -OCH3 is 1. The summed E-state index contributed by atoms with van der Waals surface area (Å²) in [5.41, 5.74) is 0.685. The predicted octanol–water partition coefficient (Wildman–Crippen LogP) is 4.58. The van der Waals surface area contributed by atoms with E-state index in [1.54, 1.807) is 32.1 Å². The number of hydrogen-bond acceptors (Lipinski definition) is 7. The van der Waals surface area contributed by atoms with E-state index in [1.165, 1.54) is 19.2 Å².